The summed E-state index contributed by atoms with van der Waals surface area (Å²) in [6.07, 6.45) is -4.64. The molecule has 4 heterocycles. The average Bonchev–Trinajstić information content (AvgIpc) is 3.91. The van der Waals surface area contributed by atoms with Gasteiger partial charge in [0.05, 0.1) is 45.5 Å². The highest BCUT2D eigenvalue weighted by Crippen LogP contribution is 2.57. The maximum absolute atomic E-state index is 13.9. The van der Waals surface area contributed by atoms with Crippen molar-refractivity contribution in [1.82, 2.24) is 5.32 Å². The molecule has 5 aliphatic rings. The zero-order valence-electron chi connectivity index (χ0n) is 33.6. The fourth-order valence-electron chi connectivity index (χ4n) is 8.74. The number of nitrogens with one attached hydrogen (secondary N) is 1. The Morgan fingerprint density at radius 2 is 1.44 bits per heavy atom. The van der Waals surface area contributed by atoms with Gasteiger partial charge in [-0.2, -0.15) is 0 Å². The van der Waals surface area contributed by atoms with Gasteiger partial charge >= 0.3 is 18.2 Å². The molecular formula is C45H45NO15. The number of fused-ring (bicyclic) bond motifs is 4. The molecule has 4 aromatic rings. The highest BCUT2D eigenvalue weighted by molar-refractivity contribution is 5.79. The molecule has 16 heteroatoms. The van der Waals surface area contributed by atoms with E-state index in [9.17, 15) is 14.4 Å². The molecule has 0 saturated carbocycles. The van der Waals surface area contributed by atoms with Crippen molar-refractivity contribution in [3.8, 4) is 28.7 Å². The van der Waals surface area contributed by atoms with Gasteiger partial charge in [-0.15, -0.1) is 0 Å². The maximum Gasteiger partial charge on any atom is 0.514 e. The summed E-state index contributed by atoms with van der Waals surface area (Å²) in [6, 6.07) is 25.1. The number of hydrogen-bond acceptors (Lipinski definition) is 15. The van der Waals surface area contributed by atoms with E-state index in [-0.39, 0.29) is 56.9 Å². The van der Waals surface area contributed by atoms with Gasteiger partial charge < -0.3 is 62.2 Å². The highest BCUT2D eigenvalue weighted by atomic mass is 16.7. The van der Waals surface area contributed by atoms with E-state index in [1.807, 2.05) is 72.8 Å². The maximum atomic E-state index is 13.9. The monoisotopic (exact) mass is 839 g/mol. The van der Waals surface area contributed by atoms with Crippen molar-refractivity contribution in [2.75, 3.05) is 34.2 Å². The Balaban J connectivity index is 1.01. The first-order valence-electron chi connectivity index (χ1n) is 20.1. The van der Waals surface area contributed by atoms with Crippen LogP contribution >= 0.6 is 0 Å². The minimum Gasteiger partial charge on any atom is -0.493 e. The number of alkyl carbamates (subject to hydrolysis) is 1. The van der Waals surface area contributed by atoms with E-state index in [0.717, 1.165) is 16.7 Å². The third kappa shape index (κ3) is 8.36. The SMILES string of the molecule is COc1cc([C@@H]2c3cc4c(cc3[C@@H](O[C@H]3C[C@@H](NC(=O)OCc5ccccc5)[C@@H]5O[C@H](C)OC[C@H]5O3)[C@H]3COC(=O)[C@H]23)OCO4)cc(OC)c1OC(=O)OCc1ccccc1. The fraction of sp³-hybridized carbons (Fsp3) is 0.400. The van der Waals surface area contributed by atoms with Crippen LogP contribution < -0.4 is 29.0 Å². The van der Waals surface area contributed by atoms with Crippen molar-refractivity contribution in [2.24, 2.45) is 11.8 Å². The molecule has 0 bridgehead atoms. The highest BCUT2D eigenvalue weighted by Gasteiger charge is 2.55. The molecular weight excluding hydrogens is 794 g/mol. The largest absolute Gasteiger partial charge is 0.514 e. The first-order valence-corrected chi connectivity index (χ1v) is 20.1. The van der Waals surface area contributed by atoms with E-state index in [1.54, 1.807) is 19.1 Å². The van der Waals surface area contributed by atoms with Crippen LogP contribution in [0.5, 0.6) is 28.7 Å². The number of ether oxygens (including phenoxy) is 12. The Kier molecular flexibility index (Phi) is 11.6. The Bertz CT molecular complexity index is 2210. The van der Waals surface area contributed by atoms with Gasteiger partial charge in [-0.05, 0) is 59.0 Å². The van der Waals surface area contributed by atoms with Gasteiger partial charge in [0.15, 0.2) is 35.6 Å². The lowest BCUT2D eigenvalue weighted by molar-refractivity contribution is -0.324. The normalized spacial score (nSPS) is 27.1. The molecule has 4 aliphatic heterocycles. The summed E-state index contributed by atoms with van der Waals surface area (Å²) in [6.45, 7) is 2.14. The third-order valence-corrected chi connectivity index (χ3v) is 11.5. The van der Waals surface area contributed by atoms with Gasteiger partial charge in [-0.1, -0.05) is 60.7 Å². The lowest BCUT2D eigenvalue weighted by atomic mass is 9.66. The molecule has 0 radical (unpaired) electrons. The van der Waals surface area contributed by atoms with Gasteiger partial charge in [-0.25, -0.2) is 9.59 Å². The van der Waals surface area contributed by atoms with Gasteiger partial charge in [0.1, 0.15) is 25.4 Å². The number of benzene rings is 4. The van der Waals surface area contributed by atoms with Crippen molar-refractivity contribution in [1.29, 1.82) is 0 Å². The summed E-state index contributed by atoms with van der Waals surface area (Å²) in [5.41, 5.74) is 3.68. The smallest absolute Gasteiger partial charge is 0.493 e. The number of cyclic esters (lactones) is 1. The molecule has 4 aromatic carbocycles. The molecule has 9 rings (SSSR count). The summed E-state index contributed by atoms with van der Waals surface area (Å²) < 4.78 is 70.9. The second-order valence-corrected chi connectivity index (χ2v) is 15.2. The Labute approximate surface area is 351 Å². The van der Waals surface area contributed by atoms with E-state index in [1.165, 1.54) is 14.2 Å². The molecule has 1 amide bonds. The number of amides is 1. The van der Waals surface area contributed by atoms with Crippen LogP contribution in [0.2, 0.25) is 0 Å². The Morgan fingerprint density at radius 3 is 2.11 bits per heavy atom. The van der Waals surface area contributed by atoms with E-state index in [4.69, 9.17) is 56.8 Å². The zero-order valence-corrected chi connectivity index (χ0v) is 33.6. The van der Waals surface area contributed by atoms with Crippen LogP contribution in [0, 0.1) is 11.8 Å². The van der Waals surface area contributed by atoms with Crippen LogP contribution in [-0.2, 0) is 51.2 Å². The predicted molar refractivity (Wildman–Crippen MR) is 210 cm³/mol. The first kappa shape index (κ1) is 40.3. The molecule has 1 N–H and O–H groups in total. The van der Waals surface area contributed by atoms with Gasteiger partial charge in [0.2, 0.25) is 12.5 Å². The van der Waals surface area contributed by atoms with Crippen LogP contribution in [0.1, 0.15) is 53.2 Å². The van der Waals surface area contributed by atoms with E-state index >= 15 is 0 Å². The van der Waals surface area contributed by atoms with Crippen molar-refractivity contribution in [3.63, 3.8) is 0 Å². The number of carbonyl (C=O) groups excluding carboxylic acids is 3. The number of rotatable bonds is 11. The number of hydrogen-bond donors (Lipinski definition) is 1. The molecule has 0 spiro atoms. The van der Waals surface area contributed by atoms with Crippen LogP contribution in [0.3, 0.4) is 0 Å². The van der Waals surface area contributed by atoms with Gasteiger partial charge in [0.25, 0.3) is 0 Å². The standard InChI is InChI=1S/C45H45NO15/c1-24-52-22-36-41(58-24)31(46-44(48)54-19-25-10-6-4-7-11-25)18-37(59-36)60-40-29-17-33-32(56-23-57-33)16-28(29)38(39-30(40)21-53-43(39)47)27-14-34(50-2)42(35(15-27)51-3)61-45(49)55-20-26-12-8-5-9-13-26/h4-17,24,30-31,36-41H,18-23H2,1-3H3,(H,46,48)/t24-,30+,31-,36-,37+,38-,39+,40-,41+/m1/s1. The first-order chi connectivity index (χ1) is 29.8. The molecule has 320 valence electrons. The van der Waals surface area contributed by atoms with Crippen molar-refractivity contribution < 1.29 is 71.2 Å². The summed E-state index contributed by atoms with van der Waals surface area (Å²) in [4.78, 5) is 40.0. The average molecular weight is 840 g/mol. The van der Waals surface area contributed by atoms with Gasteiger partial charge in [-0.3, -0.25) is 4.79 Å². The molecule has 16 nitrogen and oxygen atoms in total. The lowest BCUT2D eigenvalue weighted by Crippen LogP contribution is -2.61. The van der Waals surface area contributed by atoms with Crippen molar-refractivity contribution >= 4 is 18.2 Å². The quantitative estimate of drug-likeness (QED) is 0.101. The Hall–Kier alpha value is -6.07. The number of methoxy groups -OCH3 is 2. The molecule has 0 aromatic heterocycles. The number of esters is 1. The number of carbonyl (C=O) groups is 3. The third-order valence-electron chi connectivity index (χ3n) is 11.5. The van der Waals surface area contributed by atoms with Gasteiger partial charge in [0, 0.05) is 18.3 Å². The van der Waals surface area contributed by atoms with E-state index in [0.29, 0.717) is 22.6 Å². The van der Waals surface area contributed by atoms with Crippen LogP contribution in [0.15, 0.2) is 84.9 Å². The van der Waals surface area contributed by atoms with E-state index in [2.05, 4.69) is 5.32 Å². The summed E-state index contributed by atoms with van der Waals surface area (Å²) >= 11 is 0. The molecule has 3 fully saturated rings. The fourth-order valence-corrected chi connectivity index (χ4v) is 8.74. The lowest BCUT2D eigenvalue weighted by Gasteiger charge is -2.47. The second kappa shape index (κ2) is 17.5. The molecule has 9 atom stereocenters. The summed E-state index contributed by atoms with van der Waals surface area (Å²) in [5, 5.41) is 2.98. The van der Waals surface area contributed by atoms with Crippen LogP contribution in [-0.4, -0.2) is 83.3 Å². The minimum absolute atomic E-state index is 0.00186. The minimum atomic E-state index is -0.956. The van der Waals surface area contributed by atoms with Crippen LogP contribution in [0.4, 0.5) is 9.59 Å². The van der Waals surface area contributed by atoms with Crippen LogP contribution in [0.25, 0.3) is 0 Å². The zero-order chi connectivity index (χ0) is 42.0. The second-order valence-electron chi connectivity index (χ2n) is 15.2. The van der Waals surface area contributed by atoms with Crippen molar-refractivity contribution in [3.05, 3.63) is 113 Å². The molecule has 61 heavy (non-hydrogen) atoms. The summed E-state index contributed by atoms with van der Waals surface area (Å²) in [7, 11) is 2.87. The topological polar surface area (TPSA) is 174 Å². The van der Waals surface area contributed by atoms with E-state index < -0.39 is 72.9 Å². The Morgan fingerprint density at radius 1 is 0.787 bits per heavy atom. The molecule has 0 unspecified atom stereocenters. The molecule has 3 saturated heterocycles. The summed E-state index contributed by atoms with van der Waals surface area (Å²) in [5.74, 6) is -0.960. The molecule has 1 aliphatic carbocycles. The predicted octanol–water partition coefficient (Wildman–Crippen LogP) is 6.31. The van der Waals surface area contributed by atoms with Crippen molar-refractivity contribution in [2.45, 2.75) is 69.4 Å².